The van der Waals surface area contributed by atoms with Crippen molar-refractivity contribution in [3.8, 4) is 5.75 Å². The number of carbonyl (C=O) groups excluding carboxylic acids is 1. The minimum Gasteiger partial charge on any atom is -0.508 e. The van der Waals surface area contributed by atoms with E-state index in [4.69, 9.17) is 20.8 Å². The van der Waals surface area contributed by atoms with Gasteiger partial charge in [0.25, 0.3) is 0 Å². The summed E-state index contributed by atoms with van der Waals surface area (Å²) in [5.74, 6) is -0.277. The van der Waals surface area contributed by atoms with Crippen LogP contribution in [0.1, 0.15) is 29.5 Å². The molecular formula is C21H17ClO5. The average Bonchev–Trinajstić information content (AvgIpc) is 3.45. The molecule has 2 aromatic carbocycles. The Morgan fingerprint density at radius 1 is 1.22 bits per heavy atom. The van der Waals surface area contributed by atoms with E-state index in [0.717, 1.165) is 18.4 Å². The third kappa shape index (κ3) is 3.08. The lowest BCUT2D eigenvalue weighted by Gasteiger charge is -2.16. The highest BCUT2D eigenvalue weighted by Gasteiger charge is 2.52. The minimum absolute atomic E-state index is 0.0412. The molecule has 1 aromatic heterocycles. The maximum Gasteiger partial charge on any atom is 0.336 e. The Hall–Kier alpha value is -2.79. The molecule has 0 aliphatic heterocycles. The number of carbonyl (C=O) groups is 1. The molecule has 0 radical (unpaired) electrons. The summed E-state index contributed by atoms with van der Waals surface area (Å²) < 4.78 is 10.8. The van der Waals surface area contributed by atoms with E-state index in [1.54, 1.807) is 25.1 Å². The van der Waals surface area contributed by atoms with Gasteiger partial charge >= 0.3 is 11.6 Å². The van der Waals surface area contributed by atoms with Crippen molar-refractivity contribution in [2.24, 2.45) is 0 Å². The molecule has 0 spiro atoms. The first-order valence-electron chi connectivity index (χ1n) is 8.59. The molecule has 1 fully saturated rings. The number of fused-ring (bicyclic) bond motifs is 1. The van der Waals surface area contributed by atoms with Crippen LogP contribution in [0, 0.1) is 6.92 Å². The maximum absolute atomic E-state index is 12.7. The number of hydrogen-bond acceptors (Lipinski definition) is 5. The molecule has 0 atom stereocenters. The number of halogens is 1. The van der Waals surface area contributed by atoms with Crippen LogP contribution in [0.15, 0.2) is 51.7 Å². The Morgan fingerprint density at radius 2 is 1.93 bits per heavy atom. The van der Waals surface area contributed by atoms with Gasteiger partial charge in [-0.05, 0) is 49.6 Å². The van der Waals surface area contributed by atoms with Crippen molar-refractivity contribution < 1.29 is 19.1 Å². The first-order chi connectivity index (χ1) is 12.9. The topological polar surface area (TPSA) is 76.7 Å². The second-order valence-electron chi connectivity index (χ2n) is 6.84. The number of phenolic OH excluding ortho intramolecular Hbond substituents is 1. The van der Waals surface area contributed by atoms with E-state index in [9.17, 15) is 14.7 Å². The monoisotopic (exact) mass is 384 g/mol. The van der Waals surface area contributed by atoms with Crippen molar-refractivity contribution in [2.75, 3.05) is 0 Å². The van der Waals surface area contributed by atoms with E-state index in [2.05, 4.69) is 0 Å². The van der Waals surface area contributed by atoms with Crippen molar-refractivity contribution >= 4 is 28.5 Å². The van der Waals surface area contributed by atoms with Crippen molar-refractivity contribution in [2.45, 2.75) is 31.8 Å². The van der Waals surface area contributed by atoms with Gasteiger partial charge in [0, 0.05) is 27.6 Å². The summed E-state index contributed by atoms with van der Waals surface area (Å²) in [6.07, 6.45) is 1.44. The number of phenols is 1. The zero-order valence-corrected chi connectivity index (χ0v) is 15.4. The highest BCUT2D eigenvalue weighted by Crippen LogP contribution is 2.49. The van der Waals surface area contributed by atoms with Crippen molar-refractivity contribution in [1.82, 2.24) is 0 Å². The Bertz CT molecular complexity index is 1090. The molecule has 1 N–H and O–H groups in total. The van der Waals surface area contributed by atoms with Crippen molar-refractivity contribution in [1.29, 1.82) is 0 Å². The SMILES string of the molecule is Cc1c(O)ccc2c(COC(=O)C3(c4ccc(Cl)cc4)CC3)cc(=O)oc12. The largest absolute Gasteiger partial charge is 0.508 e. The summed E-state index contributed by atoms with van der Waals surface area (Å²) in [7, 11) is 0. The molecule has 0 bridgehead atoms. The number of aryl methyl sites for hydroxylation is 1. The minimum atomic E-state index is -0.631. The van der Waals surface area contributed by atoms with Crippen LogP contribution in [-0.4, -0.2) is 11.1 Å². The quantitative estimate of drug-likeness (QED) is 0.538. The van der Waals surface area contributed by atoms with Crippen LogP contribution in [0.5, 0.6) is 5.75 Å². The first kappa shape index (κ1) is 17.6. The zero-order chi connectivity index (χ0) is 19.2. The number of hydrogen-bond donors (Lipinski definition) is 1. The lowest BCUT2D eigenvalue weighted by atomic mass is 9.96. The van der Waals surface area contributed by atoms with Crippen LogP contribution in [0.2, 0.25) is 5.02 Å². The van der Waals surface area contributed by atoms with Crippen LogP contribution in [0.4, 0.5) is 0 Å². The Balaban J connectivity index is 1.60. The fourth-order valence-corrected chi connectivity index (χ4v) is 3.45. The molecule has 1 aliphatic rings. The zero-order valence-electron chi connectivity index (χ0n) is 14.6. The molecule has 27 heavy (non-hydrogen) atoms. The second kappa shape index (κ2) is 6.43. The molecule has 0 amide bonds. The van der Waals surface area contributed by atoms with E-state index in [1.807, 2.05) is 12.1 Å². The van der Waals surface area contributed by atoms with Gasteiger partial charge < -0.3 is 14.3 Å². The number of ether oxygens (including phenoxy) is 1. The smallest absolute Gasteiger partial charge is 0.336 e. The van der Waals surface area contributed by atoms with Gasteiger partial charge in [-0.1, -0.05) is 23.7 Å². The molecule has 3 aromatic rings. The van der Waals surface area contributed by atoms with E-state index < -0.39 is 11.0 Å². The van der Waals surface area contributed by atoms with Crippen LogP contribution < -0.4 is 5.63 Å². The summed E-state index contributed by atoms with van der Waals surface area (Å²) in [6, 6.07) is 11.7. The predicted octanol–water partition coefficient (Wildman–Crippen LogP) is 4.24. The third-order valence-electron chi connectivity index (χ3n) is 5.11. The average molecular weight is 385 g/mol. The Labute approximate surface area is 160 Å². The lowest BCUT2D eigenvalue weighted by Crippen LogP contribution is -2.23. The van der Waals surface area contributed by atoms with Gasteiger partial charge in [0.15, 0.2) is 0 Å². The molecule has 1 aliphatic carbocycles. The summed E-state index contributed by atoms with van der Waals surface area (Å²) >= 11 is 5.92. The Kier molecular flexibility index (Phi) is 4.19. The molecule has 4 rings (SSSR count). The second-order valence-corrected chi connectivity index (χ2v) is 7.28. The molecule has 138 valence electrons. The summed E-state index contributed by atoms with van der Waals surface area (Å²) in [5, 5.41) is 11.1. The molecular weight excluding hydrogens is 368 g/mol. The summed E-state index contributed by atoms with van der Waals surface area (Å²) in [6.45, 7) is 1.62. The molecule has 0 saturated heterocycles. The van der Waals surface area contributed by atoms with Gasteiger partial charge in [-0.3, -0.25) is 4.79 Å². The van der Waals surface area contributed by atoms with Gasteiger partial charge in [0.05, 0.1) is 5.41 Å². The Morgan fingerprint density at radius 3 is 2.59 bits per heavy atom. The van der Waals surface area contributed by atoms with Gasteiger partial charge in [-0.2, -0.15) is 0 Å². The molecule has 5 nitrogen and oxygen atoms in total. The standard InChI is InChI=1S/C21H17ClO5/c1-12-17(23)7-6-16-13(10-18(24)27-19(12)16)11-26-20(25)21(8-9-21)14-2-4-15(22)5-3-14/h2-7,10,23H,8-9,11H2,1H3. The maximum atomic E-state index is 12.7. The van der Waals surface area contributed by atoms with Gasteiger partial charge in [0.2, 0.25) is 0 Å². The number of benzene rings is 2. The summed E-state index contributed by atoms with van der Waals surface area (Å²) in [5.41, 5.74) is 1.01. The first-order valence-corrected chi connectivity index (χ1v) is 8.97. The van der Waals surface area contributed by atoms with Crippen molar-refractivity contribution in [3.63, 3.8) is 0 Å². The van der Waals surface area contributed by atoms with Crippen LogP contribution in [-0.2, 0) is 21.6 Å². The molecule has 1 heterocycles. The predicted molar refractivity (Wildman–Crippen MR) is 101 cm³/mol. The number of rotatable bonds is 4. The van der Waals surface area contributed by atoms with Gasteiger partial charge in [-0.15, -0.1) is 0 Å². The van der Waals surface area contributed by atoms with Gasteiger partial charge in [-0.25, -0.2) is 4.79 Å². The fourth-order valence-electron chi connectivity index (χ4n) is 3.32. The van der Waals surface area contributed by atoms with Crippen molar-refractivity contribution in [3.05, 3.63) is 74.6 Å². The van der Waals surface area contributed by atoms with Gasteiger partial charge in [0.1, 0.15) is 17.9 Å². The molecule has 6 heteroatoms. The third-order valence-corrected chi connectivity index (χ3v) is 5.37. The molecule has 1 saturated carbocycles. The number of aromatic hydroxyl groups is 1. The van der Waals surface area contributed by atoms with Crippen LogP contribution >= 0.6 is 11.6 Å². The van der Waals surface area contributed by atoms with E-state index >= 15 is 0 Å². The van der Waals surface area contributed by atoms with E-state index in [-0.39, 0.29) is 18.3 Å². The fraction of sp³-hybridized carbons (Fsp3) is 0.238. The highest BCUT2D eigenvalue weighted by molar-refractivity contribution is 6.30. The lowest BCUT2D eigenvalue weighted by molar-refractivity contribution is -0.148. The molecule has 0 unspecified atom stereocenters. The van der Waals surface area contributed by atoms with E-state index in [0.29, 0.717) is 27.1 Å². The number of esters is 1. The normalized spacial score (nSPS) is 14.9. The summed E-state index contributed by atoms with van der Waals surface area (Å²) in [4.78, 5) is 24.6. The van der Waals surface area contributed by atoms with Crippen LogP contribution in [0.3, 0.4) is 0 Å². The van der Waals surface area contributed by atoms with E-state index in [1.165, 1.54) is 12.1 Å². The van der Waals surface area contributed by atoms with Crippen LogP contribution in [0.25, 0.3) is 11.0 Å². The highest BCUT2D eigenvalue weighted by atomic mass is 35.5.